The molecule has 0 saturated heterocycles. The van der Waals surface area contributed by atoms with Crippen molar-refractivity contribution < 1.29 is 19.1 Å². The fourth-order valence-electron chi connectivity index (χ4n) is 1.63. The number of hydrogen-bond acceptors (Lipinski definition) is 4. The standard InChI is InChI=1S/C14H22N2O4/c1-9(2)12(17)4-6-15-13(18)8-16-14(19)11-5-7-20-10(11)3/h5,7,9,12,17H,4,6,8H2,1-3H3,(H,15,18)(H,16,19). The molecule has 0 aliphatic heterocycles. The molecule has 3 N–H and O–H groups in total. The van der Waals surface area contributed by atoms with E-state index in [9.17, 15) is 14.7 Å². The van der Waals surface area contributed by atoms with E-state index < -0.39 is 6.10 Å². The van der Waals surface area contributed by atoms with Gasteiger partial charge in [0.25, 0.3) is 5.91 Å². The van der Waals surface area contributed by atoms with Crippen LogP contribution in [0.2, 0.25) is 0 Å². The molecule has 1 atom stereocenters. The van der Waals surface area contributed by atoms with Crippen LogP contribution in [-0.4, -0.2) is 36.1 Å². The summed E-state index contributed by atoms with van der Waals surface area (Å²) < 4.78 is 5.02. The van der Waals surface area contributed by atoms with Crippen molar-refractivity contribution >= 4 is 11.8 Å². The molecule has 1 aromatic heterocycles. The van der Waals surface area contributed by atoms with Crippen LogP contribution in [0.1, 0.15) is 36.4 Å². The second kappa shape index (κ2) is 7.69. The maximum absolute atomic E-state index is 11.7. The lowest BCUT2D eigenvalue weighted by atomic mass is 10.0. The smallest absolute Gasteiger partial charge is 0.255 e. The average Bonchev–Trinajstić information content (AvgIpc) is 2.82. The first-order valence-electron chi connectivity index (χ1n) is 6.69. The van der Waals surface area contributed by atoms with Crippen LogP contribution in [0.25, 0.3) is 0 Å². The molecule has 6 nitrogen and oxygen atoms in total. The molecular formula is C14H22N2O4. The Kier molecular flexibility index (Phi) is 6.24. The van der Waals surface area contributed by atoms with E-state index in [1.807, 2.05) is 13.8 Å². The summed E-state index contributed by atoms with van der Waals surface area (Å²) in [6.07, 6.45) is 1.49. The number of rotatable bonds is 7. The number of aliphatic hydroxyl groups is 1. The van der Waals surface area contributed by atoms with Gasteiger partial charge in [0.2, 0.25) is 5.91 Å². The summed E-state index contributed by atoms with van der Waals surface area (Å²) in [5.41, 5.74) is 0.424. The third-order valence-corrected chi connectivity index (χ3v) is 3.04. The molecular weight excluding hydrogens is 260 g/mol. The average molecular weight is 282 g/mol. The van der Waals surface area contributed by atoms with E-state index in [4.69, 9.17) is 4.42 Å². The molecule has 0 radical (unpaired) electrons. The highest BCUT2D eigenvalue weighted by Gasteiger charge is 2.13. The molecule has 0 spiro atoms. The Hall–Kier alpha value is -1.82. The number of nitrogens with one attached hydrogen (secondary N) is 2. The summed E-state index contributed by atoms with van der Waals surface area (Å²) in [5, 5.41) is 14.7. The second-order valence-corrected chi connectivity index (χ2v) is 5.02. The fourth-order valence-corrected chi connectivity index (χ4v) is 1.63. The maximum Gasteiger partial charge on any atom is 0.255 e. The Bertz CT molecular complexity index is 454. The lowest BCUT2D eigenvalue weighted by molar-refractivity contribution is -0.120. The van der Waals surface area contributed by atoms with Gasteiger partial charge in [-0.1, -0.05) is 13.8 Å². The molecule has 20 heavy (non-hydrogen) atoms. The maximum atomic E-state index is 11.7. The highest BCUT2D eigenvalue weighted by molar-refractivity contribution is 5.97. The van der Waals surface area contributed by atoms with Gasteiger partial charge in [0.1, 0.15) is 5.76 Å². The molecule has 0 fully saturated rings. The first-order valence-corrected chi connectivity index (χ1v) is 6.69. The van der Waals surface area contributed by atoms with Gasteiger partial charge >= 0.3 is 0 Å². The number of carbonyl (C=O) groups excluding carboxylic acids is 2. The largest absolute Gasteiger partial charge is 0.469 e. The van der Waals surface area contributed by atoms with Crippen LogP contribution < -0.4 is 10.6 Å². The van der Waals surface area contributed by atoms with Gasteiger partial charge in [0.15, 0.2) is 0 Å². The Morgan fingerprint density at radius 2 is 2.05 bits per heavy atom. The number of carbonyl (C=O) groups is 2. The van der Waals surface area contributed by atoms with Gasteiger partial charge in [-0.15, -0.1) is 0 Å². The Morgan fingerprint density at radius 1 is 1.35 bits per heavy atom. The van der Waals surface area contributed by atoms with Crippen molar-refractivity contribution in [3.63, 3.8) is 0 Å². The van der Waals surface area contributed by atoms with Crippen LogP contribution in [0, 0.1) is 12.8 Å². The van der Waals surface area contributed by atoms with Crippen molar-refractivity contribution in [1.82, 2.24) is 10.6 Å². The lowest BCUT2D eigenvalue weighted by Crippen LogP contribution is -2.38. The Labute approximate surface area is 118 Å². The van der Waals surface area contributed by atoms with Crippen LogP contribution in [0.15, 0.2) is 16.7 Å². The Balaban J connectivity index is 2.24. The van der Waals surface area contributed by atoms with Crippen molar-refractivity contribution in [2.45, 2.75) is 33.3 Å². The third-order valence-electron chi connectivity index (χ3n) is 3.04. The fraction of sp³-hybridized carbons (Fsp3) is 0.571. The highest BCUT2D eigenvalue weighted by Crippen LogP contribution is 2.07. The molecule has 0 bridgehead atoms. The van der Waals surface area contributed by atoms with Crippen LogP contribution in [0.5, 0.6) is 0 Å². The van der Waals surface area contributed by atoms with Gasteiger partial charge in [0.05, 0.1) is 24.5 Å². The van der Waals surface area contributed by atoms with Crippen LogP contribution in [0.3, 0.4) is 0 Å². The highest BCUT2D eigenvalue weighted by atomic mass is 16.3. The topological polar surface area (TPSA) is 91.6 Å². The molecule has 0 aliphatic rings. The summed E-state index contributed by atoms with van der Waals surface area (Å²) in [4.78, 5) is 23.2. The normalized spacial score (nSPS) is 12.2. The van der Waals surface area contributed by atoms with Gasteiger partial charge in [-0.3, -0.25) is 9.59 Å². The van der Waals surface area contributed by atoms with E-state index in [2.05, 4.69) is 10.6 Å². The lowest BCUT2D eigenvalue weighted by Gasteiger charge is -2.14. The molecule has 0 aliphatic carbocycles. The molecule has 0 aromatic carbocycles. The van der Waals surface area contributed by atoms with E-state index in [0.29, 0.717) is 24.3 Å². The minimum absolute atomic E-state index is 0.0960. The first-order chi connectivity index (χ1) is 9.41. The van der Waals surface area contributed by atoms with Crippen LogP contribution >= 0.6 is 0 Å². The Morgan fingerprint density at radius 3 is 2.60 bits per heavy atom. The summed E-state index contributed by atoms with van der Waals surface area (Å²) in [6, 6.07) is 1.56. The van der Waals surface area contributed by atoms with Gasteiger partial charge < -0.3 is 20.2 Å². The van der Waals surface area contributed by atoms with Gasteiger partial charge in [-0.05, 0) is 25.3 Å². The van der Waals surface area contributed by atoms with Crippen molar-refractivity contribution in [2.75, 3.05) is 13.1 Å². The van der Waals surface area contributed by atoms with E-state index >= 15 is 0 Å². The van der Waals surface area contributed by atoms with E-state index in [1.54, 1.807) is 13.0 Å². The summed E-state index contributed by atoms with van der Waals surface area (Å²) in [7, 11) is 0. The van der Waals surface area contributed by atoms with Gasteiger partial charge in [0, 0.05) is 6.54 Å². The number of aliphatic hydroxyl groups excluding tert-OH is 1. The summed E-state index contributed by atoms with van der Waals surface area (Å²) >= 11 is 0. The molecule has 2 amide bonds. The molecule has 1 rings (SSSR count). The zero-order chi connectivity index (χ0) is 15.1. The van der Waals surface area contributed by atoms with Crippen LogP contribution in [0.4, 0.5) is 0 Å². The van der Waals surface area contributed by atoms with Crippen LogP contribution in [-0.2, 0) is 4.79 Å². The zero-order valence-electron chi connectivity index (χ0n) is 12.1. The molecule has 1 aromatic rings. The predicted molar refractivity (Wildman–Crippen MR) is 74.2 cm³/mol. The second-order valence-electron chi connectivity index (χ2n) is 5.02. The van der Waals surface area contributed by atoms with E-state index in [1.165, 1.54) is 6.26 Å². The monoisotopic (exact) mass is 282 g/mol. The molecule has 0 saturated carbocycles. The SMILES string of the molecule is Cc1occc1C(=O)NCC(=O)NCCC(O)C(C)C. The number of hydrogen-bond donors (Lipinski definition) is 3. The molecule has 6 heteroatoms. The number of aryl methyl sites for hydroxylation is 1. The summed E-state index contributed by atoms with van der Waals surface area (Å²) in [6.45, 7) is 5.81. The molecule has 1 heterocycles. The van der Waals surface area contributed by atoms with E-state index in [-0.39, 0.29) is 24.3 Å². The number of furan rings is 1. The third kappa shape index (κ3) is 5.05. The molecule has 112 valence electrons. The predicted octanol–water partition coefficient (Wildman–Crippen LogP) is 0.841. The van der Waals surface area contributed by atoms with Crippen molar-refractivity contribution in [1.29, 1.82) is 0 Å². The van der Waals surface area contributed by atoms with Crippen molar-refractivity contribution in [3.05, 3.63) is 23.7 Å². The number of amides is 2. The van der Waals surface area contributed by atoms with Crippen molar-refractivity contribution in [3.8, 4) is 0 Å². The minimum atomic E-state index is -0.432. The first kappa shape index (κ1) is 16.2. The zero-order valence-corrected chi connectivity index (χ0v) is 12.1. The van der Waals surface area contributed by atoms with Crippen molar-refractivity contribution in [2.24, 2.45) is 5.92 Å². The van der Waals surface area contributed by atoms with Gasteiger partial charge in [-0.25, -0.2) is 0 Å². The van der Waals surface area contributed by atoms with E-state index in [0.717, 1.165) is 0 Å². The van der Waals surface area contributed by atoms with Gasteiger partial charge in [-0.2, -0.15) is 0 Å². The minimum Gasteiger partial charge on any atom is -0.469 e. The summed E-state index contributed by atoms with van der Waals surface area (Å²) in [5.74, 6) is 0.0581. The molecule has 1 unspecified atom stereocenters. The quantitative estimate of drug-likeness (QED) is 0.691.